The molecule has 86 valence electrons. The van der Waals surface area contributed by atoms with Gasteiger partial charge in [-0.15, -0.1) is 0 Å². The molecule has 1 aliphatic carbocycles. The van der Waals surface area contributed by atoms with E-state index in [0.29, 0.717) is 0 Å². The minimum Gasteiger partial charge on any atom is -0.480 e. The average molecular weight is 212 g/mol. The van der Waals surface area contributed by atoms with Gasteiger partial charge in [0.1, 0.15) is 5.54 Å². The van der Waals surface area contributed by atoms with Gasteiger partial charge in [0.25, 0.3) is 0 Å². The number of hydrogen-bond acceptors (Lipinski definition) is 3. The molecule has 0 spiro atoms. The zero-order valence-electron chi connectivity index (χ0n) is 9.17. The predicted octanol–water partition coefficient (Wildman–Crippen LogP) is 0.679. The molecule has 2 N–H and O–H groups in total. The Morgan fingerprint density at radius 3 is 2.53 bits per heavy atom. The van der Waals surface area contributed by atoms with Crippen LogP contribution in [-0.4, -0.2) is 47.7 Å². The van der Waals surface area contributed by atoms with E-state index in [9.17, 15) is 9.90 Å². The Morgan fingerprint density at radius 2 is 1.87 bits per heavy atom. The van der Waals surface area contributed by atoms with Crippen molar-refractivity contribution < 1.29 is 9.90 Å². The van der Waals surface area contributed by atoms with E-state index >= 15 is 0 Å². The minimum absolute atomic E-state index is 0.536. The molecule has 4 nitrogen and oxygen atoms in total. The van der Waals surface area contributed by atoms with E-state index in [1.807, 2.05) is 0 Å². The molecule has 0 aromatic heterocycles. The van der Waals surface area contributed by atoms with Gasteiger partial charge in [0.15, 0.2) is 0 Å². The van der Waals surface area contributed by atoms with Crippen molar-refractivity contribution in [3.8, 4) is 0 Å². The fourth-order valence-corrected chi connectivity index (χ4v) is 2.90. The number of carbonyl (C=O) groups is 1. The number of nitrogens with zero attached hydrogens (tertiary/aromatic N) is 1. The quantitative estimate of drug-likeness (QED) is 0.706. The van der Waals surface area contributed by atoms with Crippen molar-refractivity contribution in [3.63, 3.8) is 0 Å². The van der Waals surface area contributed by atoms with Crippen molar-refractivity contribution in [2.45, 2.75) is 37.6 Å². The highest BCUT2D eigenvalue weighted by atomic mass is 16.4. The maximum atomic E-state index is 11.5. The van der Waals surface area contributed by atoms with Crippen molar-refractivity contribution in [1.82, 2.24) is 10.2 Å². The van der Waals surface area contributed by atoms with Crippen molar-refractivity contribution in [2.24, 2.45) is 0 Å². The third kappa shape index (κ3) is 2.01. The molecular weight excluding hydrogens is 192 g/mol. The molecule has 0 bridgehead atoms. The maximum Gasteiger partial charge on any atom is 0.324 e. The standard InChI is InChI=1S/C11H20N2O2/c14-10(15)11(4-1-2-5-11)13-8-3-6-12-7-9-13/h12H,1-9H2,(H,14,15). The van der Waals surface area contributed by atoms with Crippen LogP contribution in [0.15, 0.2) is 0 Å². The monoisotopic (exact) mass is 212 g/mol. The molecule has 0 atom stereocenters. The molecule has 4 heteroatoms. The van der Waals surface area contributed by atoms with Crippen LogP contribution in [0.1, 0.15) is 32.1 Å². The van der Waals surface area contributed by atoms with Gasteiger partial charge in [-0.05, 0) is 25.8 Å². The second-order valence-corrected chi connectivity index (χ2v) is 4.63. The molecule has 2 fully saturated rings. The van der Waals surface area contributed by atoms with Crippen LogP contribution in [0.5, 0.6) is 0 Å². The van der Waals surface area contributed by atoms with E-state index in [2.05, 4.69) is 10.2 Å². The number of carboxylic acid groups (broad SMARTS) is 1. The van der Waals surface area contributed by atoms with Crippen LogP contribution in [0.4, 0.5) is 0 Å². The van der Waals surface area contributed by atoms with Crippen LogP contribution in [0.2, 0.25) is 0 Å². The van der Waals surface area contributed by atoms with Gasteiger partial charge in [0, 0.05) is 19.6 Å². The molecular formula is C11H20N2O2. The summed E-state index contributed by atoms with van der Waals surface area (Å²) in [5.41, 5.74) is -0.536. The minimum atomic E-state index is -0.609. The summed E-state index contributed by atoms with van der Waals surface area (Å²) in [5.74, 6) is -0.609. The van der Waals surface area contributed by atoms with Gasteiger partial charge in [0.05, 0.1) is 0 Å². The van der Waals surface area contributed by atoms with Gasteiger partial charge < -0.3 is 10.4 Å². The van der Waals surface area contributed by atoms with Crippen LogP contribution in [0.25, 0.3) is 0 Å². The first-order chi connectivity index (χ1) is 7.26. The molecule has 2 rings (SSSR count). The van der Waals surface area contributed by atoms with Crippen molar-refractivity contribution in [2.75, 3.05) is 26.2 Å². The zero-order chi connectivity index (χ0) is 10.7. The van der Waals surface area contributed by atoms with E-state index in [0.717, 1.165) is 58.3 Å². The molecule has 1 heterocycles. The summed E-state index contributed by atoms with van der Waals surface area (Å²) in [4.78, 5) is 13.7. The molecule has 1 aliphatic heterocycles. The van der Waals surface area contributed by atoms with E-state index in [1.165, 1.54) is 0 Å². The van der Waals surface area contributed by atoms with Gasteiger partial charge in [-0.1, -0.05) is 12.8 Å². The SMILES string of the molecule is O=C(O)C1(N2CCCNCC2)CCCC1. The molecule has 1 saturated heterocycles. The fourth-order valence-electron chi connectivity index (χ4n) is 2.90. The molecule has 0 unspecified atom stereocenters. The van der Waals surface area contributed by atoms with Gasteiger partial charge in [-0.3, -0.25) is 9.69 Å². The largest absolute Gasteiger partial charge is 0.480 e. The summed E-state index contributed by atoms with van der Waals surface area (Å²) < 4.78 is 0. The topological polar surface area (TPSA) is 52.6 Å². The van der Waals surface area contributed by atoms with Crippen molar-refractivity contribution in [1.29, 1.82) is 0 Å². The highest BCUT2D eigenvalue weighted by molar-refractivity contribution is 5.79. The number of nitrogens with one attached hydrogen (secondary N) is 1. The van der Waals surface area contributed by atoms with Crippen LogP contribution in [-0.2, 0) is 4.79 Å². The second-order valence-electron chi connectivity index (χ2n) is 4.63. The van der Waals surface area contributed by atoms with Gasteiger partial charge in [-0.2, -0.15) is 0 Å². The Hall–Kier alpha value is -0.610. The predicted molar refractivity (Wildman–Crippen MR) is 57.9 cm³/mol. The molecule has 1 saturated carbocycles. The van der Waals surface area contributed by atoms with Crippen LogP contribution < -0.4 is 5.32 Å². The number of aliphatic carboxylic acids is 1. The normalized spacial score (nSPS) is 27.5. The van der Waals surface area contributed by atoms with Crippen LogP contribution >= 0.6 is 0 Å². The third-order valence-corrected chi connectivity index (χ3v) is 3.77. The Balaban J connectivity index is 2.12. The van der Waals surface area contributed by atoms with Gasteiger partial charge >= 0.3 is 5.97 Å². The summed E-state index contributed by atoms with van der Waals surface area (Å²) >= 11 is 0. The van der Waals surface area contributed by atoms with Crippen LogP contribution in [0.3, 0.4) is 0 Å². The lowest BCUT2D eigenvalue weighted by atomic mass is 9.95. The summed E-state index contributed by atoms with van der Waals surface area (Å²) in [6.45, 7) is 3.76. The van der Waals surface area contributed by atoms with E-state index in [-0.39, 0.29) is 0 Å². The van der Waals surface area contributed by atoms with E-state index in [4.69, 9.17) is 0 Å². The third-order valence-electron chi connectivity index (χ3n) is 3.77. The van der Waals surface area contributed by atoms with E-state index in [1.54, 1.807) is 0 Å². The first kappa shape index (κ1) is 10.9. The van der Waals surface area contributed by atoms with Crippen molar-refractivity contribution in [3.05, 3.63) is 0 Å². The maximum absolute atomic E-state index is 11.5. The summed E-state index contributed by atoms with van der Waals surface area (Å²) in [6.07, 6.45) is 4.87. The zero-order valence-corrected chi connectivity index (χ0v) is 9.17. The molecule has 2 aliphatic rings. The van der Waals surface area contributed by atoms with Crippen molar-refractivity contribution >= 4 is 5.97 Å². The molecule has 15 heavy (non-hydrogen) atoms. The first-order valence-corrected chi connectivity index (χ1v) is 5.95. The Labute approximate surface area is 90.6 Å². The highest BCUT2D eigenvalue weighted by Gasteiger charge is 2.46. The van der Waals surface area contributed by atoms with Gasteiger partial charge in [0.2, 0.25) is 0 Å². The molecule has 0 amide bonds. The van der Waals surface area contributed by atoms with E-state index < -0.39 is 11.5 Å². The molecule has 0 aromatic carbocycles. The highest BCUT2D eigenvalue weighted by Crippen LogP contribution is 2.35. The molecule has 0 radical (unpaired) electrons. The Kier molecular flexibility index (Phi) is 3.26. The van der Waals surface area contributed by atoms with Crippen LogP contribution in [0, 0.1) is 0 Å². The Bertz CT molecular complexity index is 229. The number of carboxylic acids is 1. The lowest BCUT2D eigenvalue weighted by Gasteiger charge is -2.36. The second kappa shape index (κ2) is 4.49. The summed E-state index contributed by atoms with van der Waals surface area (Å²) in [7, 11) is 0. The summed E-state index contributed by atoms with van der Waals surface area (Å²) in [6, 6.07) is 0. The first-order valence-electron chi connectivity index (χ1n) is 5.95. The molecule has 0 aromatic rings. The number of rotatable bonds is 2. The Morgan fingerprint density at radius 1 is 1.13 bits per heavy atom. The fraction of sp³-hybridized carbons (Fsp3) is 0.909. The van der Waals surface area contributed by atoms with Gasteiger partial charge in [-0.25, -0.2) is 0 Å². The average Bonchev–Trinajstić information content (AvgIpc) is 2.56. The smallest absolute Gasteiger partial charge is 0.324 e. The lowest BCUT2D eigenvalue weighted by Crippen LogP contribution is -2.53. The summed E-state index contributed by atoms with van der Waals surface area (Å²) in [5, 5.41) is 12.8. The number of hydrogen-bond donors (Lipinski definition) is 2. The lowest BCUT2D eigenvalue weighted by molar-refractivity contribution is -0.151.